The van der Waals surface area contributed by atoms with E-state index in [1.165, 1.54) is 0 Å². The molecule has 0 fully saturated rings. The van der Waals surface area contributed by atoms with Crippen LogP contribution in [-0.4, -0.2) is 35.5 Å². The van der Waals surface area contributed by atoms with Gasteiger partial charge in [0.15, 0.2) is 0 Å². The van der Waals surface area contributed by atoms with Crippen molar-refractivity contribution in [3.63, 3.8) is 0 Å². The molecular formula is C22H22N4O4S. The smallest absolute Gasteiger partial charge is 0.338 e. The summed E-state index contributed by atoms with van der Waals surface area (Å²) in [5.74, 6) is 2.60. The number of nitrogens with one attached hydrogen (secondary N) is 2. The summed E-state index contributed by atoms with van der Waals surface area (Å²) >= 11 is 1.76. The fraction of sp³-hybridized carbons (Fsp3) is 0.227. The molecule has 1 aliphatic heterocycles. The Hall–Kier alpha value is -3.46. The van der Waals surface area contributed by atoms with E-state index in [4.69, 9.17) is 9.47 Å². The van der Waals surface area contributed by atoms with E-state index in [1.807, 2.05) is 24.3 Å². The minimum Gasteiger partial charge on any atom is -0.497 e. The Morgan fingerprint density at radius 2 is 1.81 bits per heavy atom. The van der Waals surface area contributed by atoms with Crippen LogP contribution in [0.25, 0.3) is 5.69 Å². The molecule has 0 radical (unpaired) electrons. The predicted molar refractivity (Wildman–Crippen MR) is 120 cm³/mol. The molecule has 2 aromatic carbocycles. The van der Waals surface area contributed by atoms with Crippen LogP contribution in [0.4, 0.5) is 16.3 Å². The van der Waals surface area contributed by atoms with E-state index in [2.05, 4.69) is 15.7 Å². The maximum absolute atomic E-state index is 12.7. The highest BCUT2D eigenvalue weighted by molar-refractivity contribution is 7.98. The number of urea groups is 1. The first-order chi connectivity index (χ1) is 15.1. The van der Waals surface area contributed by atoms with E-state index in [1.54, 1.807) is 54.7 Å². The van der Waals surface area contributed by atoms with Crippen molar-refractivity contribution in [1.29, 1.82) is 0 Å². The summed E-state index contributed by atoms with van der Waals surface area (Å²) in [4.78, 5) is 24.5. The summed E-state index contributed by atoms with van der Waals surface area (Å²) in [6.07, 6.45) is 0. The van der Waals surface area contributed by atoms with Crippen LogP contribution in [0.5, 0.6) is 5.75 Å². The van der Waals surface area contributed by atoms with Gasteiger partial charge in [0, 0.05) is 22.8 Å². The lowest BCUT2D eigenvalue weighted by Crippen LogP contribution is -2.22. The summed E-state index contributed by atoms with van der Waals surface area (Å²) in [6.45, 7) is 2.07. The number of amides is 2. The number of fused-ring (bicyclic) bond motifs is 1. The number of nitrogens with zero attached hydrogens (tertiary/aromatic N) is 2. The quantitative estimate of drug-likeness (QED) is 0.552. The number of hydrogen-bond acceptors (Lipinski definition) is 6. The molecule has 1 aliphatic rings. The van der Waals surface area contributed by atoms with Crippen molar-refractivity contribution < 1.29 is 19.1 Å². The Labute approximate surface area is 183 Å². The second-order valence-corrected chi connectivity index (χ2v) is 7.74. The molecule has 8 nitrogen and oxygen atoms in total. The minimum absolute atomic E-state index is 0.311. The molecule has 2 amide bonds. The van der Waals surface area contributed by atoms with Crippen molar-refractivity contribution in [2.75, 3.05) is 24.4 Å². The lowest BCUT2D eigenvalue weighted by Gasteiger charge is -2.12. The van der Waals surface area contributed by atoms with Gasteiger partial charge in [-0.3, -0.25) is 5.32 Å². The van der Waals surface area contributed by atoms with Gasteiger partial charge in [0.25, 0.3) is 0 Å². The van der Waals surface area contributed by atoms with Crippen molar-refractivity contribution in [2.45, 2.75) is 18.4 Å². The zero-order valence-electron chi connectivity index (χ0n) is 17.2. The van der Waals surface area contributed by atoms with Crippen LogP contribution < -0.4 is 15.4 Å². The molecule has 160 valence electrons. The number of esters is 1. The van der Waals surface area contributed by atoms with Crippen molar-refractivity contribution >= 4 is 35.3 Å². The molecule has 0 bridgehead atoms. The van der Waals surface area contributed by atoms with Crippen molar-refractivity contribution in [1.82, 2.24) is 9.78 Å². The standard InChI is InChI=1S/C22H22N4O4S/c1-3-30-21(27)14-4-6-15(7-5-14)23-22(28)24-20-18-12-31-13-19(18)25-26(20)16-8-10-17(29-2)11-9-16/h4-11H,3,12-13H2,1-2H3,(H2,23,24,28). The zero-order valence-corrected chi connectivity index (χ0v) is 18.0. The average molecular weight is 439 g/mol. The van der Waals surface area contributed by atoms with Crippen LogP contribution in [0.3, 0.4) is 0 Å². The van der Waals surface area contributed by atoms with E-state index in [0.29, 0.717) is 23.7 Å². The summed E-state index contributed by atoms with van der Waals surface area (Å²) in [5, 5.41) is 10.4. The molecule has 2 N–H and O–H groups in total. The highest BCUT2D eigenvalue weighted by Gasteiger charge is 2.24. The van der Waals surface area contributed by atoms with Crippen molar-refractivity contribution in [3.8, 4) is 11.4 Å². The number of hydrogen-bond donors (Lipinski definition) is 2. The second kappa shape index (κ2) is 9.13. The Bertz CT molecular complexity index is 1090. The first-order valence-corrected chi connectivity index (χ1v) is 10.9. The number of thioether (sulfide) groups is 1. The van der Waals surface area contributed by atoms with Crippen LogP contribution in [0.1, 0.15) is 28.5 Å². The Balaban J connectivity index is 1.52. The Morgan fingerprint density at radius 1 is 1.06 bits per heavy atom. The largest absolute Gasteiger partial charge is 0.497 e. The summed E-state index contributed by atoms with van der Waals surface area (Å²) in [7, 11) is 1.62. The van der Waals surface area contributed by atoms with Crippen molar-refractivity contribution in [3.05, 3.63) is 65.4 Å². The molecule has 0 saturated heterocycles. The van der Waals surface area contributed by atoms with Crippen LogP contribution in [0.15, 0.2) is 48.5 Å². The van der Waals surface area contributed by atoms with E-state index in [9.17, 15) is 9.59 Å². The molecule has 0 unspecified atom stereocenters. The minimum atomic E-state index is -0.394. The fourth-order valence-corrected chi connectivity index (χ4v) is 4.26. The van der Waals surface area contributed by atoms with Gasteiger partial charge in [0.05, 0.1) is 30.7 Å². The van der Waals surface area contributed by atoms with Crippen LogP contribution in [0.2, 0.25) is 0 Å². The molecule has 0 saturated carbocycles. The number of methoxy groups -OCH3 is 1. The maximum atomic E-state index is 12.7. The van der Waals surface area contributed by atoms with E-state index in [0.717, 1.165) is 34.2 Å². The molecule has 0 atom stereocenters. The van der Waals surface area contributed by atoms with Gasteiger partial charge in [-0.25, -0.2) is 14.3 Å². The lowest BCUT2D eigenvalue weighted by atomic mass is 10.2. The summed E-state index contributed by atoms with van der Waals surface area (Å²) in [5.41, 5.74) is 3.81. The summed E-state index contributed by atoms with van der Waals surface area (Å²) in [6, 6.07) is 13.7. The van der Waals surface area contributed by atoms with Crippen LogP contribution in [0, 0.1) is 0 Å². The number of aromatic nitrogens is 2. The van der Waals surface area contributed by atoms with Crippen molar-refractivity contribution in [2.24, 2.45) is 0 Å². The molecular weight excluding hydrogens is 416 g/mol. The lowest BCUT2D eigenvalue weighted by molar-refractivity contribution is 0.0526. The van der Waals surface area contributed by atoms with Gasteiger partial charge in [0.2, 0.25) is 0 Å². The van der Waals surface area contributed by atoms with Gasteiger partial charge in [-0.15, -0.1) is 0 Å². The average Bonchev–Trinajstić information content (AvgIpc) is 3.37. The Morgan fingerprint density at radius 3 is 2.48 bits per heavy atom. The molecule has 3 aromatic rings. The zero-order chi connectivity index (χ0) is 21.8. The normalized spacial score (nSPS) is 12.2. The molecule has 4 rings (SSSR count). The molecule has 1 aromatic heterocycles. The van der Waals surface area contributed by atoms with Gasteiger partial charge in [-0.05, 0) is 55.5 Å². The van der Waals surface area contributed by atoms with Gasteiger partial charge in [0.1, 0.15) is 11.6 Å². The maximum Gasteiger partial charge on any atom is 0.338 e. The predicted octanol–water partition coefficient (Wildman–Crippen LogP) is 4.45. The number of ether oxygens (including phenoxy) is 2. The first-order valence-electron chi connectivity index (χ1n) is 9.77. The molecule has 9 heteroatoms. The fourth-order valence-electron chi connectivity index (χ4n) is 3.23. The number of anilines is 2. The Kier molecular flexibility index (Phi) is 6.13. The molecule has 31 heavy (non-hydrogen) atoms. The SMILES string of the molecule is CCOC(=O)c1ccc(NC(=O)Nc2c3c(nn2-c2ccc(OC)cc2)CSC3)cc1. The van der Waals surface area contributed by atoms with Gasteiger partial charge in [-0.2, -0.15) is 16.9 Å². The highest BCUT2D eigenvalue weighted by Crippen LogP contribution is 2.36. The second-order valence-electron chi connectivity index (χ2n) is 6.75. The molecule has 2 heterocycles. The third-order valence-corrected chi connectivity index (χ3v) is 5.73. The van der Waals surface area contributed by atoms with Crippen LogP contribution >= 0.6 is 11.8 Å². The van der Waals surface area contributed by atoms with E-state index >= 15 is 0 Å². The number of rotatable bonds is 6. The van der Waals surface area contributed by atoms with E-state index < -0.39 is 12.0 Å². The summed E-state index contributed by atoms with van der Waals surface area (Å²) < 4.78 is 11.9. The van der Waals surface area contributed by atoms with E-state index in [-0.39, 0.29) is 0 Å². The third-order valence-electron chi connectivity index (χ3n) is 4.75. The first kappa shape index (κ1) is 20.8. The number of carbonyl (C=O) groups is 2. The number of carbonyl (C=O) groups excluding carboxylic acids is 2. The van der Waals surface area contributed by atoms with Gasteiger partial charge in [-0.1, -0.05) is 0 Å². The number of benzene rings is 2. The van der Waals surface area contributed by atoms with Crippen LogP contribution in [-0.2, 0) is 16.2 Å². The molecule has 0 aliphatic carbocycles. The monoisotopic (exact) mass is 438 g/mol. The highest BCUT2D eigenvalue weighted by atomic mass is 32.2. The van der Waals surface area contributed by atoms with Gasteiger partial charge < -0.3 is 14.8 Å². The topological polar surface area (TPSA) is 94.5 Å². The molecule has 0 spiro atoms. The van der Waals surface area contributed by atoms with Gasteiger partial charge >= 0.3 is 12.0 Å². The third kappa shape index (κ3) is 4.51.